The first-order valence-electron chi connectivity index (χ1n) is 10.7. The van der Waals surface area contributed by atoms with Crippen molar-refractivity contribution in [2.45, 2.75) is 31.7 Å². The van der Waals surface area contributed by atoms with Crippen LogP contribution < -0.4 is 10.1 Å². The van der Waals surface area contributed by atoms with Gasteiger partial charge in [-0.2, -0.15) is 0 Å². The van der Waals surface area contributed by atoms with Gasteiger partial charge in [0.15, 0.2) is 6.61 Å². The Morgan fingerprint density at radius 1 is 1.06 bits per heavy atom. The maximum absolute atomic E-state index is 12.9. The van der Waals surface area contributed by atoms with E-state index in [1.165, 1.54) is 0 Å². The molecule has 1 amide bonds. The highest BCUT2D eigenvalue weighted by Gasteiger charge is 2.20. The van der Waals surface area contributed by atoms with Crippen molar-refractivity contribution >= 4 is 17.4 Å². The van der Waals surface area contributed by atoms with Crippen molar-refractivity contribution in [2.75, 3.05) is 6.61 Å². The minimum absolute atomic E-state index is 0.0574. The van der Waals surface area contributed by atoms with Crippen molar-refractivity contribution in [2.24, 2.45) is 0 Å². The Hall–Kier alpha value is -3.80. The summed E-state index contributed by atoms with van der Waals surface area (Å²) in [5, 5.41) is 12.1. The molecule has 0 saturated carbocycles. The molecule has 1 heterocycles. The number of hydrogen-bond donors (Lipinski definition) is 3. The summed E-state index contributed by atoms with van der Waals surface area (Å²) in [6.07, 6.45) is 8.63. The number of fused-ring (bicyclic) bond motifs is 1. The number of H-pyrrole nitrogens is 1. The maximum atomic E-state index is 12.9. The van der Waals surface area contributed by atoms with Crippen LogP contribution in [0.4, 0.5) is 0 Å². The third kappa shape index (κ3) is 5.09. The van der Waals surface area contributed by atoms with E-state index in [1.54, 1.807) is 6.07 Å². The number of carbonyl (C=O) groups is 2. The zero-order chi connectivity index (χ0) is 22.3. The lowest BCUT2D eigenvalue weighted by Gasteiger charge is -2.22. The van der Waals surface area contributed by atoms with E-state index < -0.39 is 5.97 Å². The largest absolute Gasteiger partial charge is 0.482 e. The number of ether oxygens (including phenoxy) is 1. The Morgan fingerprint density at radius 3 is 2.66 bits per heavy atom. The van der Waals surface area contributed by atoms with Gasteiger partial charge >= 0.3 is 5.97 Å². The normalized spacial score (nSPS) is 15.1. The third-order valence-electron chi connectivity index (χ3n) is 5.63. The molecule has 6 heteroatoms. The summed E-state index contributed by atoms with van der Waals surface area (Å²) < 4.78 is 5.47. The van der Waals surface area contributed by atoms with Gasteiger partial charge in [0.1, 0.15) is 5.75 Å². The molecule has 0 fully saturated rings. The molecular weight excluding hydrogens is 404 g/mol. The van der Waals surface area contributed by atoms with Crippen LogP contribution in [-0.4, -0.2) is 28.6 Å². The van der Waals surface area contributed by atoms with Gasteiger partial charge in [-0.1, -0.05) is 48.5 Å². The van der Waals surface area contributed by atoms with Gasteiger partial charge < -0.3 is 20.1 Å². The number of allylic oxidation sites excluding steroid dienone is 1. The number of aromatic amines is 1. The molecule has 1 aliphatic carbocycles. The summed E-state index contributed by atoms with van der Waals surface area (Å²) >= 11 is 0. The Labute approximate surface area is 186 Å². The highest BCUT2D eigenvalue weighted by atomic mass is 16.5. The highest BCUT2D eigenvalue weighted by Crippen LogP contribution is 2.36. The molecule has 1 atom stereocenters. The Balaban J connectivity index is 1.49. The Bertz CT molecular complexity index is 1100. The zero-order valence-corrected chi connectivity index (χ0v) is 17.7. The minimum Gasteiger partial charge on any atom is -0.482 e. The number of carboxylic acid groups (broad SMARTS) is 1. The average molecular weight is 431 g/mol. The van der Waals surface area contributed by atoms with E-state index in [9.17, 15) is 9.59 Å². The number of nitrogens with one attached hydrogen (secondary N) is 2. The molecule has 164 valence electrons. The van der Waals surface area contributed by atoms with Gasteiger partial charge in [-0.15, -0.1) is 0 Å². The predicted molar refractivity (Wildman–Crippen MR) is 122 cm³/mol. The van der Waals surface area contributed by atoms with Crippen molar-refractivity contribution in [3.63, 3.8) is 0 Å². The monoisotopic (exact) mass is 430 g/mol. The molecule has 0 aliphatic heterocycles. The zero-order valence-electron chi connectivity index (χ0n) is 17.7. The lowest BCUT2D eigenvalue weighted by molar-refractivity contribution is -0.139. The van der Waals surface area contributed by atoms with Crippen LogP contribution in [0.2, 0.25) is 0 Å². The van der Waals surface area contributed by atoms with E-state index in [0.29, 0.717) is 5.75 Å². The second kappa shape index (κ2) is 10.0. The fraction of sp³-hybridized carbons (Fsp3) is 0.231. The van der Waals surface area contributed by atoms with Crippen LogP contribution in [0.1, 0.15) is 47.6 Å². The summed E-state index contributed by atoms with van der Waals surface area (Å²) in [6.45, 7) is -0.363. The first kappa shape index (κ1) is 21.4. The average Bonchev–Trinajstić information content (AvgIpc) is 3.35. The van der Waals surface area contributed by atoms with E-state index >= 15 is 0 Å². The van der Waals surface area contributed by atoms with Gasteiger partial charge in [0.25, 0.3) is 0 Å². The van der Waals surface area contributed by atoms with E-state index in [4.69, 9.17) is 9.84 Å². The molecule has 0 saturated heterocycles. The number of rotatable bonds is 8. The molecule has 0 spiro atoms. The molecule has 3 aromatic rings. The van der Waals surface area contributed by atoms with Gasteiger partial charge in [-0.25, -0.2) is 4.79 Å². The van der Waals surface area contributed by atoms with Crippen LogP contribution in [-0.2, 0) is 16.0 Å². The van der Waals surface area contributed by atoms with Gasteiger partial charge in [0, 0.05) is 24.4 Å². The number of aliphatic carboxylic acids is 1. The molecule has 3 N–H and O–H groups in total. The molecule has 1 aromatic heterocycles. The van der Waals surface area contributed by atoms with Crippen LogP contribution >= 0.6 is 0 Å². The third-order valence-corrected chi connectivity index (χ3v) is 5.63. The Morgan fingerprint density at radius 2 is 1.91 bits per heavy atom. The van der Waals surface area contributed by atoms with Crippen molar-refractivity contribution in [1.29, 1.82) is 0 Å². The van der Waals surface area contributed by atoms with E-state index in [2.05, 4.69) is 10.3 Å². The predicted octanol–water partition coefficient (Wildman–Crippen LogP) is 4.49. The van der Waals surface area contributed by atoms with E-state index in [1.807, 2.05) is 67.0 Å². The van der Waals surface area contributed by atoms with Crippen LogP contribution in [0.25, 0.3) is 5.57 Å². The molecule has 1 aliphatic rings. The fourth-order valence-electron chi connectivity index (χ4n) is 4.16. The van der Waals surface area contributed by atoms with Crippen LogP contribution in [0.5, 0.6) is 5.75 Å². The SMILES string of the molecule is O=C(O)COc1cccc2c1CCC/C2=C\CC(=O)NC(c1ccccc1)c1cc[nH]c1. The number of carboxylic acids is 1. The number of amides is 1. The van der Waals surface area contributed by atoms with Gasteiger partial charge in [0.2, 0.25) is 5.91 Å². The van der Waals surface area contributed by atoms with E-state index in [0.717, 1.165) is 47.1 Å². The van der Waals surface area contributed by atoms with E-state index in [-0.39, 0.29) is 25.0 Å². The summed E-state index contributed by atoms with van der Waals surface area (Å²) in [4.78, 5) is 26.8. The Kier molecular flexibility index (Phi) is 6.70. The standard InChI is InChI=1S/C26H26N2O4/c29-24(28-26(20-14-15-27-16-20)19-6-2-1-3-7-19)13-12-18-8-4-10-22-21(18)9-5-11-23(22)32-17-25(30)31/h1-3,5-7,9,11-12,14-16,26-27H,4,8,10,13,17H2,(H,28,29)(H,30,31)/b18-12+. The van der Waals surface area contributed by atoms with Crippen LogP contribution in [0, 0.1) is 0 Å². The van der Waals surface area contributed by atoms with Gasteiger partial charge in [-0.05, 0) is 53.7 Å². The number of benzene rings is 2. The van der Waals surface area contributed by atoms with Crippen LogP contribution in [0.15, 0.2) is 73.1 Å². The molecule has 4 rings (SSSR count). The molecule has 32 heavy (non-hydrogen) atoms. The van der Waals surface area contributed by atoms with Crippen molar-refractivity contribution in [1.82, 2.24) is 10.3 Å². The number of aromatic nitrogens is 1. The molecule has 6 nitrogen and oxygen atoms in total. The first-order valence-corrected chi connectivity index (χ1v) is 10.7. The maximum Gasteiger partial charge on any atom is 0.341 e. The smallest absolute Gasteiger partial charge is 0.341 e. The second-order valence-electron chi connectivity index (χ2n) is 7.81. The second-order valence-corrected chi connectivity index (χ2v) is 7.81. The summed E-state index contributed by atoms with van der Waals surface area (Å²) in [7, 11) is 0. The summed E-state index contributed by atoms with van der Waals surface area (Å²) in [6, 6.07) is 17.3. The molecule has 2 aromatic carbocycles. The van der Waals surface area contributed by atoms with Crippen molar-refractivity contribution in [3.05, 3.63) is 95.3 Å². The molecular formula is C26H26N2O4. The number of carbonyl (C=O) groups excluding carboxylic acids is 1. The number of hydrogen-bond acceptors (Lipinski definition) is 3. The minimum atomic E-state index is -0.999. The molecule has 1 unspecified atom stereocenters. The molecule has 0 radical (unpaired) electrons. The summed E-state index contributed by atoms with van der Waals surface area (Å²) in [5.74, 6) is -0.448. The van der Waals surface area contributed by atoms with Crippen molar-refractivity contribution in [3.8, 4) is 5.75 Å². The lowest BCUT2D eigenvalue weighted by Crippen LogP contribution is -2.28. The fourth-order valence-corrected chi connectivity index (χ4v) is 4.16. The first-order chi connectivity index (χ1) is 15.6. The molecule has 0 bridgehead atoms. The van der Waals surface area contributed by atoms with Crippen LogP contribution in [0.3, 0.4) is 0 Å². The lowest BCUT2D eigenvalue weighted by atomic mass is 9.86. The van der Waals surface area contributed by atoms with Gasteiger partial charge in [0.05, 0.1) is 6.04 Å². The summed E-state index contributed by atoms with van der Waals surface area (Å²) in [5.41, 5.74) is 5.18. The quantitative estimate of drug-likeness (QED) is 0.491. The van der Waals surface area contributed by atoms with Crippen molar-refractivity contribution < 1.29 is 19.4 Å². The topological polar surface area (TPSA) is 91.4 Å². The van der Waals surface area contributed by atoms with Gasteiger partial charge in [-0.3, -0.25) is 4.79 Å². The highest BCUT2D eigenvalue weighted by molar-refractivity contribution is 5.82.